The van der Waals surface area contributed by atoms with Crippen LogP contribution in [0.25, 0.3) is 10.9 Å². The minimum absolute atomic E-state index is 0.0636. The molecule has 1 aromatic carbocycles. The molecule has 2 aromatic rings. The lowest BCUT2D eigenvalue weighted by molar-refractivity contribution is 0.0698. The number of rotatable bonds is 7. The van der Waals surface area contributed by atoms with Crippen molar-refractivity contribution < 1.29 is 9.90 Å². The molecule has 0 aliphatic heterocycles. The van der Waals surface area contributed by atoms with Gasteiger partial charge in [0, 0.05) is 18.1 Å². The van der Waals surface area contributed by atoms with E-state index in [0.717, 1.165) is 55.1 Å². The first-order chi connectivity index (χ1) is 11.3. The number of aryl methyl sites for hydroxylation is 2. The highest BCUT2D eigenvalue weighted by molar-refractivity contribution is 6.04. The minimum Gasteiger partial charge on any atom is -0.478 e. The van der Waals surface area contributed by atoms with Crippen LogP contribution in [0.15, 0.2) is 18.3 Å². The van der Waals surface area contributed by atoms with E-state index in [4.69, 9.17) is 0 Å². The van der Waals surface area contributed by atoms with Crippen molar-refractivity contribution in [3.05, 3.63) is 35.0 Å². The fourth-order valence-corrected chi connectivity index (χ4v) is 3.18. The maximum absolute atomic E-state index is 11.9. The molecule has 0 unspecified atom stereocenters. The molecule has 24 heavy (non-hydrogen) atoms. The molecule has 3 nitrogen and oxygen atoms in total. The van der Waals surface area contributed by atoms with Gasteiger partial charge in [-0.25, -0.2) is 4.79 Å². The first-order valence-electron chi connectivity index (χ1n) is 9.19. The fraction of sp³-hybridized carbons (Fsp3) is 0.571. The monoisotopic (exact) mass is 329 g/mol. The number of nitrogens with zero attached hydrogens (tertiary/aromatic N) is 1. The minimum atomic E-state index is -0.830. The highest BCUT2D eigenvalue weighted by Gasteiger charge is 2.22. The Bertz CT molecular complexity index is 719. The summed E-state index contributed by atoms with van der Waals surface area (Å²) >= 11 is 0. The summed E-state index contributed by atoms with van der Waals surface area (Å²) in [5.74, 6) is -0.830. The number of unbranched alkanes of at least 4 members (excludes halogenated alkanes) is 2. The van der Waals surface area contributed by atoms with E-state index in [2.05, 4.69) is 51.4 Å². The molecule has 0 bridgehead atoms. The Labute approximate surface area is 145 Å². The van der Waals surface area contributed by atoms with E-state index in [1.54, 1.807) is 0 Å². The third-order valence-corrected chi connectivity index (χ3v) is 4.70. The number of aromatic nitrogens is 1. The van der Waals surface area contributed by atoms with Crippen molar-refractivity contribution in [1.82, 2.24) is 4.57 Å². The lowest BCUT2D eigenvalue weighted by Gasteiger charge is -2.20. The van der Waals surface area contributed by atoms with E-state index in [0.29, 0.717) is 5.56 Å². The van der Waals surface area contributed by atoms with Gasteiger partial charge < -0.3 is 9.67 Å². The first kappa shape index (κ1) is 18.6. The Morgan fingerprint density at radius 2 is 1.79 bits per heavy atom. The highest BCUT2D eigenvalue weighted by atomic mass is 16.4. The molecule has 0 amide bonds. The molecule has 2 rings (SSSR count). The smallest absolute Gasteiger partial charge is 0.337 e. The van der Waals surface area contributed by atoms with Crippen LogP contribution in [-0.2, 0) is 18.4 Å². The number of fused-ring (bicyclic) bond motifs is 1. The number of carboxylic acid groups (broad SMARTS) is 1. The molecule has 0 fully saturated rings. The van der Waals surface area contributed by atoms with Crippen LogP contribution < -0.4 is 0 Å². The van der Waals surface area contributed by atoms with Crippen molar-refractivity contribution in [2.75, 3.05) is 0 Å². The largest absolute Gasteiger partial charge is 0.478 e. The van der Waals surface area contributed by atoms with Crippen LogP contribution in [0.5, 0.6) is 0 Å². The summed E-state index contributed by atoms with van der Waals surface area (Å²) in [4.78, 5) is 11.9. The molecule has 0 atom stereocenters. The standard InChI is InChI=1S/C21H31NO2/c1-6-8-10-15-14-22(11-9-7-2)19-17(15)12-16(21(3,4)5)13-18(19)20(23)24/h12-14H,6-11H2,1-5H3,(H,23,24). The van der Waals surface area contributed by atoms with Gasteiger partial charge >= 0.3 is 5.97 Å². The molecular formula is C21H31NO2. The topological polar surface area (TPSA) is 42.2 Å². The number of carbonyl (C=O) groups is 1. The Kier molecular flexibility index (Phi) is 5.74. The number of aromatic carboxylic acids is 1. The number of benzene rings is 1. The van der Waals surface area contributed by atoms with Crippen molar-refractivity contribution in [1.29, 1.82) is 0 Å². The van der Waals surface area contributed by atoms with E-state index in [-0.39, 0.29) is 5.41 Å². The summed E-state index contributed by atoms with van der Waals surface area (Å²) in [6, 6.07) is 4.09. The van der Waals surface area contributed by atoms with Gasteiger partial charge in [-0.1, -0.05) is 47.5 Å². The van der Waals surface area contributed by atoms with Crippen LogP contribution in [0, 0.1) is 0 Å². The maximum Gasteiger partial charge on any atom is 0.337 e. The van der Waals surface area contributed by atoms with E-state index in [9.17, 15) is 9.90 Å². The van der Waals surface area contributed by atoms with E-state index in [1.807, 2.05) is 6.07 Å². The fourth-order valence-electron chi connectivity index (χ4n) is 3.18. The second-order valence-corrected chi connectivity index (χ2v) is 7.78. The zero-order valence-electron chi connectivity index (χ0n) is 15.8. The third kappa shape index (κ3) is 3.82. The van der Waals surface area contributed by atoms with Crippen molar-refractivity contribution in [3.8, 4) is 0 Å². The molecule has 0 spiro atoms. The van der Waals surface area contributed by atoms with Crippen LogP contribution in [-0.4, -0.2) is 15.6 Å². The predicted octanol–water partition coefficient (Wildman–Crippen LogP) is 5.78. The summed E-state index contributed by atoms with van der Waals surface area (Å²) < 4.78 is 2.17. The number of carboxylic acids is 1. The molecular weight excluding hydrogens is 298 g/mol. The second kappa shape index (κ2) is 7.42. The molecule has 0 saturated heterocycles. The highest BCUT2D eigenvalue weighted by Crippen LogP contribution is 2.33. The molecule has 0 radical (unpaired) electrons. The van der Waals surface area contributed by atoms with Gasteiger partial charge in [0.1, 0.15) is 0 Å². The van der Waals surface area contributed by atoms with Crippen LogP contribution in [0.4, 0.5) is 0 Å². The van der Waals surface area contributed by atoms with Crippen LogP contribution in [0.1, 0.15) is 81.8 Å². The lowest BCUT2D eigenvalue weighted by Crippen LogP contribution is -2.13. The second-order valence-electron chi connectivity index (χ2n) is 7.78. The van der Waals surface area contributed by atoms with Crippen molar-refractivity contribution in [2.24, 2.45) is 0 Å². The van der Waals surface area contributed by atoms with Crippen LogP contribution in [0.3, 0.4) is 0 Å². The lowest BCUT2D eigenvalue weighted by atomic mass is 9.84. The summed E-state index contributed by atoms with van der Waals surface area (Å²) in [7, 11) is 0. The quantitative estimate of drug-likeness (QED) is 0.699. The average Bonchev–Trinajstić information content (AvgIpc) is 2.87. The molecule has 132 valence electrons. The summed E-state index contributed by atoms with van der Waals surface area (Å²) in [5.41, 5.74) is 3.66. The van der Waals surface area contributed by atoms with Crippen molar-refractivity contribution >= 4 is 16.9 Å². The Morgan fingerprint density at radius 3 is 2.33 bits per heavy atom. The SMILES string of the molecule is CCCCc1cn(CCCC)c2c(C(=O)O)cc(C(C)(C)C)cc12. The summed E-state index contributed by atoms with van der Waals surface area (Å²) in [6.07, 6.45) is 7.65. The van der Waals surface area contributed by atoms with Crippen LogP contribution >= 0.6 is 0 Å². The van der Waals surface area contributed by atoms with E-state index < -0.39 is 5.97 Å². The summed E-state index contributed by atoms with van der Waals surface area (Å²) in [6.45, 7) is 11.7. The zero-order chi connectivity index (χ0) is 17.9. The Hall–Kier alpha value is -1.77. The molecule has 0 saturated carbocycles. The first-order valence-corrected chi connectivity index (χ1v) is 9.19. The van der Waals surface area contributed by atoms with Crippen molar-refractivity contribution in [3.63, 3.8) is 0 Å². The number of hydrogen-bond donors (Lipinski definition) is 1. The van der Waals surface area contributed by atoms with Gasteiger partial charge in [0.2, 0.25) is 0 Å². The molecule has 1 N–H and O–H groups in total. The Balaban J connectivity index is 2.72. The third-order valence-electron chi connectivity index (χ3n) is 4.70. The van der Waals surface area contributed by atoms with Gasteiger partial charge in [0.25, 0.3) is 0 Å². The van der Waals surface area contributed by atoms with E-state index in [1.165, 1.54) is 5.56 Å². The maximum atomic E-state index is 11.9. The Morgan fingerprint density at radius 1 is 1.12 bits per heavy atom. The van der Waals surface area contributed by atoms with Gasteiger partial charge in [-0.05, 0) is 47.9 Å². The van der Waals surface area contributed by atoms with Crippen LogP contribution in [0.2, 0.25) is 0 Å². The average molecular weight is 329 g/mol. The molecule has 0 aliphatic rings. The molecule has 1 heterocycles. The normalized spacial score (nSPS) is 12.0. The number of hydrogen-bond acceptors (Lipinski definition) is 1. The molecule has 3 heteroatoms. The van der Waals surface area contributed by atoms with Gasteiger partial charge in [0.05, 0.1) is 11.1 Å². The van der Waals surface area contributed by atoms with Gasteiger partial charge in [-0.2, -0.15) is 0 Å². The van der Waals surface area contributed by atoms with Crippen molar-refractivity contribution in [2.45, 2.75) is 78.7 Å². The summed E-state index contributed by atoms with van der Waals surface area (Å²) in [5, 5.41) is 10.9. The van der Waals surface area contributed by atoms with Gasteiger partial charge in [-0.15, -0.1) is 0 Å². The molecule has 0 aliphatic carbocycles. The van der Waals surface area contributed by atoms with Gasteiger partial charge in [-0.3, -0.25) is 0 Å². The molecule has 1 aromatic heterocycles. The zero-order valence-corrected chi connectivity index (χ0v) is 15.8. The van der Waals surface area contributed by atoms with Gasteiger partial charge in [0.15, 0.2) is 0 Å². The van der Waals surface area contributed by atoms with E-state index >= 15 is 0 Å². The predicted molar refractivity (Wildman–Crippen MR) is 101 cm³/mol.